The normalized spacial score (nSPS) is 23.2. The smallest absolute Gasteiger partial charge is 0.419 e. The number of piperidine rings is 1. The Kier molecular flexibility index (Phi) is 5.51. The second kappa shape index (κ2) is 7.21. The largest absolute Gasteiger partial charge is 0.480 e. The van der Waals surface area contributed by atoms with E-state index in [4.69, 9.17) is 4.74 Å². The molecular weight excluding hydrogens is 309 g/mol. The molecule has 3 atom stereocenters. The van der Waals surface area contributed by atoms with Gasteiger partial charge < -0.3 is 15.4 Å². The number of halogens is 3. The molecule has 0 bridgehead atoms. The molecule has 0 radical (unpaired) electrons. The first-order valence-electron chi connectivity index (χ1n) is 7.63. The Balaban J connectivity index is 2.01. The van der Waals surface area contributed by atoms with E-state index in [1.165, 1.54) is 25.1 Å². The summed E-state index contributed by atoms with van der Waals surface area (Å²) in [5.41, 5.74) is -0.880. The molecule has 1 aliphatic rings. The van der Waals surface area contributed by atoms with Crippen LogP contribution in [0.3, 0.4) is 0 Å². The van der Waals surface area contributed by atoms with Crippen molar-refractivity contribution in [1.82, 2.24) is 10.6 Å². The summed E-state index contributed by atoms with van der Waals surface area (Å²) in [6, 6.07) is 4.91. The highest BCUT2D eigenvalue weighted by Crippen LogP contribution is 2.36. The lowest BCUT2D eigenvalue weighted by Crippen LogP contribution is -2.51. The highest BCUT2D eigenvalue weighted by Gasteiger charge is 2.35. The Morgan fingerprint density at radius 1 is 1.39 bits per heavy atom. The predicted octanol–water partition coefficient (Wildman–Crippen LogP) is 2.59. The average Bonchev–Trinajstić information content (AvgIpc) is 2.49. The van der Waals surface area contributed by atoms with Crippen molar-refractivity contribution in [2.45, 2.75) is 38.6 Å². The molecule has 4 nitrogen and oxygen atoms in total. The molecule has 0 aliphatic carbocycles. The number of rotatable bonds is 4. The molecule has 2 N–H and O–H groups in total. The quantitative estimate of drug-likeness (QED) is 0.892. The summed E-state index contributed by atoms with van der Waals surface area (Å²) in [4.78, 5) is 12.2. The van der Waals surface area contributed by atoms with Crippen LogP contribution in [0.1, 0.15) is 25.8 Å². The summed E-state index contributed by atoms with van der Waals surface area (Å²) in [7, 11) is 0. The first-order chi connectivity index (χ1) is 10.8. The second-order valence-electron chi connectivity index (χ2n) is 5.84. The van der Waals surface area contributed by atoms with Crippen LogP contribution in [-0.2, 0) is 11.0 Å². The fourth-order valence-corrected chi connectivity index (χ4v) is 2.58. The lowest BCUT2D eigenvalue weighted by molar-refractivity contribution is -0.140. The molecule has 1 amide bonds. The number of para-hydroxylation sites is 1. The van der Waals surface area contributed by atoms with Crippen molar-refractivity contribution < 1.29 is 22.7 Å². The Bertz CT molecular complexity index is 548. The Hall–Kier alpha value is -1.76. The van der Waals surface area contributed by atoms with Gasteiger partial charge in [0, 0.05) is 6.04 Å². The molecule has 1 fully saturated rings. The molecule has 1 heterocycles. The van der Waals surface area contributed by atoms with E-state index in [2.05, 4.69) is 10.6 Å². The molecule has 23 heavy (non-hydrogen) atoms. The van der Waals surface area contributed by atoms with Crippen LogP contribution < -0.4 is 15.4 Å². The molecule has 1 saturated heterocycles. The predicted molar refractivity (Wildman–Crippen MR) is 80.1 cm³/mol. The first-order valence-corrected chi connectivity index (χ1v) is 7.63. The topological polar surface area (TPSA) is 50.4 Å². The first kappa shape index (κ1) is 17.6. The van der Waals surface area contributed by atoms with Crippen molar-refractivity contribution >= 4 is 5.91 Å². The van der Waals surface area contributed by atoms with E-state index in [-0.39, 0.29) is 17.7 Å². The van der Waals surface area contributed by atoms with Gasteiger partial charge in [-0.05, 0) is 44.5 Å². The zero-order valence-electron chi connectivity index (χ0n) is 13.1. The Morgan fingerprint density at radius 2 is 2.09 bits per heavy atom. The van der Waals surface area contributed by atoms with Gasteiger partial charge in [-0.25, -0.2) is 0 Å². The zero-order valence-corrected chi connectivity index (χ0v) is 13.1. The van der Waals surface area contributed by atoms with E-state index in [1.807, 2.05) is 6.92 Å². The van der Waals surface area contributed by atoms with Crippen molar-refractivity contribution in [2.24, 2.45) is 5.92 Å². The van der Waals surface area contributed by atoms with E-state index in [9.17, 15) is 18.0 Å². The number of amides is 1. The third-order valence-corrected chi connectivity index (χ3v) is 3.98. The Morgan fingerprint density at radius 3 is 2.74 bits per heavy atom. The van der Waals surface area contributed by atoms with Crippen LogP contribution in [0, 0.1) is 5.92 Å². The van der Waals surface area contributed by atoms with Crippen LogP contribution >= 0.6 is 0 Å². The number of carbonyl (C=O) groups is 1. The van der Waals surface area contributed by atoms with Gasteiger partial charge in [-0.3, -0.25) is 4.79 Å². The SMILES string of the molecule is CC(Oc1ccccc1C(F)(F)F)C(=O)NC1CCNCC1C. The maximum absolute atomic E-state index is 12.9. The lowest BCUT2D eigenvalue weighted by atomic mass is 9.95. The maximum atomic E-state index is 12.9. The van der Waals surface area contributed by atoms with E-state index >= 15 is 0 Å². The fraction of sp³-hybridized carbons (Fsp3) is 0.562. The molecule has 128 valence electrons. The van der Waals surface area contributed by atoms with E-state index in [0.29, 0.717) is 0 Å². The molecule has 0 saturated carbocycles. The molecule has 2 rings (SSSR count). The van der Waals surface area contributed by atoms with Crippen LogP contribution in [0.5, 0.6) is 5.75 Å². The molecule has 3 unspecified atom stereocenters. The summed E-state index contributed by atoms with van der Waals surface area (Å²) >= 11 is 0. The summed E-state index contributed by atoms with van der Waals surface area (Å²) in [5, 5.41) is 6.08. The highest BCUT2D eigenvalue weighted by molar-refractivity contribution is 5.81. The third kappa shape index (κ3) is 4.60. The molecule has 1 aromatic rings. The standard InChI is InChI=1S/C16H21F3N2O2/c1-10-9-20-8-7-13(10)21-15(22)11(2)23-14-6-4-3-5-12(14)16(17,18)19/h3-6,10-11,13,20H,7-9H2,1-2H3,(H,21,22). The second-order valence-corrected chi connectivity index (χ2v) is 5.84. The molecule has 7 heteroatoms. The average molecular weight is 330 g/mol. The number of alkyl halides is 3. The summed E-state index contributed by atoms with van der Waals surface area (Å²) in [6.45, 7) is 5.08. The Labute approximate surface area is 133 Å². The monoisotopic (exact) mass is 330 g/mol. The van der Waals surface area contributed by atoms with Crippen LogP contribution in [0.25, 0.3) is 0 Å². The van der Waals surface area contributed by atoms with Crippen molar-refractivity contribution in [1.29, 1.82) is 0 Å². The number of carbonyl (C=O) groups excluding carboxylic acids is 1. The van der Waals surface area contributed by atoms with Gasteiger partial charge in [0.25, 0.3) is 5.91 Å². The van der Waals surface area contributed by atoms with Crippen LogP contribution in [0.2, 0.25) is 0 Å². The van der Waals surface area contributed by atoms with Crippen molar-refractivity contribution in [3.8, 4) is 5.75 Å². The van der Waals surface area contributed by atoms with Crippen molar-refractivity contribution in [2.75, 3.05) is 13.1 Å². The van der Waals surface area contributed by atoms with Gasteiger partial charge in [0.15, 0.2) is 6.10 Å². The number of hydrogen-bond acceptors (Lipinski definition) is 3. The molecule has 1 aromatic carbocycles. The van der Waals surface area contributed by atoms with Gasteiger partial charge in [0.2, 0.25) is 0 Å². The molecule has 1 aliphatic heterocycles. The number of nitrogens with one attached hydrogen (secondary N) is 2. The number of benzene rings is 1. The maximum Gasteiger partial charge on any atom is 0.419 e. The minimum Gasteiger partial charge on any atom is -0.480 e. The summed E-state index contributed by atoms with van der Waals surface area (Å²) < 4.78 is 44.1. The van der Waals surface area contributed by atoms with Crippen LogP contribution in [0.15, 0.2) is 24.3 Å². The van der Waals surface area contributed by atoms with E-state index < -0.39 is 23.8 Å². The van der Waals surface area contributed by atoms with Gasteiger partial charge in [0.05, 0.1) is 5.56 Å². The van der Waals surface area contributed by atoms with Crippen molar-refractivity contribution in [3.05, 3.63) is 29.8 Å². The van der Waals surface area contributed by atoms with Crippen molar-refractivity contribution in [3.63, 3.8) is 0 Å². The summed E-state index contributed by atoms with van der Waals surface area (Å²) in [6.07, 6.45) is -4.73. The molecule has 0 aromatic heterocycles. The van der Waals surface area contributed by atoms with Gasteiger partial charge in [-0.15, -0.1) is 0 Å². The minimum absolute atomic E-state index is 0.00709. The van der Waals surface area contributed by atoms with Gasteiger partial charge in [-0.2, -0.15) is 13.2 Å². The van der Waals surface area contributed by atoms with E-state index in [1.54, 1.807) is 0 Å². The molecular formula is C16H21F3N2O2. The van der Waals surface area contributed by atoms with Gasteiger partial charge >= 0.3 is 6.18 Å². The van der Waals surface area contributed by atoms with Gasteiger partial charge in [0.1, 0.15) is 5.75 Å². The number of hydrogen-bond donors (Lipinski definition) is 2. The molecule has 0 spiro atoms. The third-order valence-electron chi connectivity index (χ3n) is 3.98. The highest BCUT2D eigenvalue weighted by atomic mass is 19.4. The lowest BCUT2D eigenvalue weighted by Gasteiger charge is -2.31. The summed E-state index contributed by atoms with van der Waals surface area (Å²) in [5.74, 6) is -0.468. The van der Waals surface area contributed by atoms with Crippen LogP contribution in [0.4, 0.5) is 13.2 Å². The van der Waals surface area contributed by atoms with E-state index in [0.717, 1.165) is 25.6 Å². The van der Waals surface area contributed by atoms with Crippen LogP contribution in [-0.4, -0.2) is 31.1 Å². The minimum atomic E-state index is -4.52. The fourth-order valence-electron chi connectivity index (χ4n) is 2.58. The number of ether oxygens (including phenoxy) is 1. The zero-order chi connectivity index (χ0) is 17.0. The van der Waals surface area contributed by atoms with Gasteiger partial charge in [-0.1, -0.05) is 19.1 Å².